The van der Waals surface area contributed by atoms with Crippen molar-refractivity contribution in [2.45, 2.75) is 25.9 Å². The number of amides is 1. The minimum atomic E-state index is -0.601. The Morgan fingerprint density at radius 2 is 2.06 bits per heavy atom. The Labute approximate surface area is 111 Å². The summed E-state index contributed by atoms with van der Waals surface area (Å²) >= 11 is 0. The number of hydrogen-bond acceptors (Lipinski definition) is 4. The lowest BCUT2D eigenvalue weighted by Crippen LogP contribution is -2.39. The fraction of sp³-hybridized carbons (Fsp3) is 0.364. The van der Waals surface area contributed by atoms with E-state index in [0.29, 0.717) is 5.56 Å². The minimum absolute atomic E-state index is 0. The highest BCUT2D eigenvalue weighted by atomic mass is 35.5. The number of carbonyl (C=O) groups is 1. The van der Waals surface area contributed by atoms with E-state index in [2.05, 4.69) is 5.32 Å². The summed E-state index contributed by atoms with van der Waals surface area (Å²) in [6.07, 6.45) is 0. The fourth-order valence-corrected chi connectivity index (χ4v) is 1.34. The summed E-state index contributed by atoms with van der Waals surface area (Å²) in [7, 11) is 0. The Morgan fingerprint density at radius 1 is 1.44 bits per heavy atom. The number of rotatable bonds is 4. The highest BCUT2D eigenvalue weighted by Crippen LogP contribution is 2.18. The van der Waals surface area contributed by atoms with Crippen molar-refractivity contribution in [1.82, 2.24) is 5.32 Å². The van der Waals surface area contributed by atoms with E-state index in [4.69, 9.17) is 5.73 Å². The molecule has 3 N–H and O–H groups in total. The van der Waals surface area contributed by atoms with E-state index >= 15 is 0 Å². The molecule has 0 spiro atoms. The van der Waals surface area contributed by atoms with Gasteiger partial charge in [-0.05, 0) is 19.4 Å². The largest absolute Gasteiger partial charge is 0.348 e. The molecule has 1 amide bonds. The molecule has 0 aromatic heterocycles. The van der Waals surface area contributed by atoms with Crippen LogP contribution in [-0.2, 0) is 4.79 Å². The molecule has 100 valence electrons. The third kappa shape index (κ3) is 4.31. The molecule has 0 aliphatic heterocycles. The molecule has 0 radical (unpaired) electrons. The van der Waals surface area contributed by atoms with E-state index in [-0.39, 0.29) is 30.0 Å². The number of nitrogens with two attached hydrogens (primary N) is 1. The summed E-state index contributed by atoms with van der Waals surface area (Å²) in [6, 6.07) is 5.24. The van der Waals surface area contributed by atoms with Crippen molar-refractivity contribution < 1.29 is 9.72 Å². The number of nitro benzene ring substituents is 1. The molecule has 0 bridgehead atoms. The van der Waals surface area contributed by atoms with E-state index in [0.717, 1.165) is 0 Å². The highest BCUT2D eigenvalue weighted by Gasteiger charge is 2.14. The van der Waals surface area contributed by atoms with Crippen molar-refractivity contribution in [1.29, 1.82) is 0 Å². The molecule has 7 heteroatoms. The Hall–Kier alpha value is -1.66. The second kappa shape index (κ2) is 6.93. The summed E-state index contributed by atoms with van der Waals surface area (Å²) in [4.78, 5) is 21.5. The van der Waals surface area contributed by atoms with Crippen LogP contribution in [0.2, 0.25) is 0 Å². The summed E-state index contributed by atoms with van der Waals surface area (Å²) in [6.45, 7) is 3.33. The quantitative estimate of drug-likeness (QED) is 0.642. The maximum Gasteiger partial charge on any atom is 0.269 e. The molecule has 2 unspecified atom stereocenters. The van der Waals surface area contributed by atoms with Crippen LogP contribution in [0.15, 0.2) is 24.3 Å². The zero-order chi connectivity index (χ0) is 13.0. The average molecular weight is 274 g/mol. The summed E-state index contributed by atoms with van der Waals surface area (Å²) in [5.74, 6) is -0.288. The van der Waals surface area contributed by atoms with Crippen LogP contribution in [-0.4, -0.2) is 16.9 Å². The van der Waals surface area contributed by atoms with Crippen LogP contribution in [0, 0.1) is 10.1 Å². The summed E-state index contributed by atoms with van der Waals surface area (Å²) in [5, 5.41) is 13.3. The average Bonchev–Trinajstić information content (AvgIpc) is 2.28. The number of nitro groups is 1. The Morgan fingerprint density at radius 3 is 2.56 bits per heavy atom. The van der Waals surface area contributed by atoms with Gasteiger partial charge in [0.1, 0.15) is 0 Å². The fourth-order valence-electron chi connectivity index (χ4n) is 1.34. The number of nitrogens with one attached hydrogen (secondary N) is 1. The lowest BCUT2D eigenvalue weighted by Gasteiger charge is -2.15. The lowest BCUT2D eigenvalue weighted by atomic mass is 10.1. The van der Waals surface area contributed by atoms with Gasteiger partial charge in [-0.25, -0.2) is 0 Å². The van der Waals surface area contributed by atoms with Crippen LogP contribution in [0.5, 0.6) is 0 Å². The molecular formula is C11H16ClN3O3. The molecule has 0 saturated carbocycles. The molecule has 2 atom stereocenters. The molecule has 0 aliphatic carbocycles. The first-order chi connectivity index (χ1) is 7.91. The third-order valence-electron chi connectivity index (χ3n) is 2.35. The van der Waals surface area contributed by atoms with Gasteiger partial charge in [0, 0.05) is 12.1 Å². The van der Waals surface area contributed by atoms with Crippen molar-refractivity contribution in [3.8, 4) is 0 Å². The normalized spacial score (nSPS) is 13.1. The topological polar surface area (TPSA) is 98.3 Å². The Balaban J connectivity index is 0.00000289. The summed E-state index contributed by atoms with van der Waals surface area (Å²) in [5.41, 5.74) is 6.10. The van der Waals surface area contributed by atoms with Crippen LogP contribution in [0.25, 0.3) is 0 Å². The number of carbonyl (C=O) groups excluding carboxylic acids is 1. The van der Waals surface area contributed by atoms with Crippen molar-refractivity contribution in [2.75, 3.05) is 0 Å². The first kappa shape index (κ1) is 16.3. The molecule has 1 rings (SSSR count). The molecular weight excluding hydrogens is 258 g/mol. The molecule has 0 fully saturated rings. The monoisotopic (exact) mass is 273 g/mol. The molecule has 0 heterocycles. The molecule has 18 heavy (non-hydrogen) atoms. The zero-order valence-electron chi connectivity index (χ0n) is 10.1. The molecule has 6 nitrogen and oxygen atoms in total. The second-order valence-electron chi connectivity index (χ2n) is 3.87. The maximum absolute atomic E-state index is 11.4. The van der Waals surface area contributed by atoms with Gasteiger partial charge in [-0.1, -0.05) is 12.1 Å². The second-order valence-corrected chi connectivity index (χ2v) is 3.87. The van der Waals surface area contributed by atoms with E-state index in [9.17, 15) is 14.9 Å². The first-order valence-corrected chi connectivity index (χ1v) is 5.22. The van der Waals surface area contributed by atoms with Gasteiger partial charge in [0.15, 0.2) is 0 Å². The minimum Gasteiger partial charge on any atom is -0.348 e. The zero-order valence-corrected chi connectivity index (χ0v) is 10.9. The van der Waals surface area contributed by atoms with Crippen LogP contribution >= 0.6 is 12.4 Å². The van der Waals surface area contributed by atoms with Gasteiger partial charge in [0.25, 0.3) is 5.69 Å². The smallest absolute Gasteiger partial charge is 0.269 e. The van der Waals surface area contributed by atoms with Crippen LogP contribution in [0.4, 0.5) is 5.69 Å². The number of benzene rings is 1. The molecule has 1 aromatic carbocycles. The first-order valence-electron chi connectivity index (χ1n) is 5.22. The van der Waals surface area contributed by atoms with Crippen LogP contribution in [0.3, 0.4) is 0 Å². The number of hydrogen-bond donors (Lipinski definition) is 2. The molecule has 0 saturated heterocycles. The van der Waals surface area contributed by atoms with Gasteiger partial charge in [0.2, 0.25) is 5.91 Å². The van der Waals surface area contributed by atoms with Gasteiger partial charge in [0.05, 0.1) is 17.0 Å². The van der Waals surface area contributed by atoms with Gasteiger partial charge < -0.3 is 11.1 Å². The number of nitrogens with zero attached hydrogens (tertiary/aromatic N) is 1. The maximum atomic E-state index is 11.4. The van der Waals surface area contributed by atoms with Crippen LogP contribution < -0.4 is 11.1 Å². The number of halogens is 1. The lowest BCUT2D eigenvalue weighted by molar-refractivity contribution is -0.384. The molecule has 0 aliphatic rings. The predicted octanol–water partition coefficient (Wildman–Crippen LogP) is 1.54. The highest BCUT2D eigenvalue weighted by molar-refractivity contribution is 5.85. The van der Waals surface area contributed by atoms with Gasteiger partial charge in [-0.3, -0.25) is 14.9 Å². The van der Waals surface area contributed by atoms with Crippen molar-refractivity contribution >= 4 is 24.0 Å². The molecule has 1 aromatic rings. The van der Waals surface area contributed by atoms with Crippen molar-refractivity contribution in [3.05, 3.63) is 39.9 Å². The van der Waals surface area contributed by atoms with Crippen LogP contribution in [0.1, 0.15) is 25.5 Å². The number of non-ortho nitro benzene ring substituents is 1. The van der Waals surface area contributed by atoms with Gasteiger partial charge >= 0.3 is 0 Å². The van der Waals surface area contributed by atoms with Gasteiger partial charge in [-0.2, -0.15) is 0 Å². The van der Waals surface area contributed by atoms with E-state index in [1.165, 1.54) is 12.1 Å². The van der Waals surface area contributed by atoms with E-state index < -0.39 is 11.0 Å². The van der Waals surface area contributed by atoms with E-state index in [1.807, 2.05) is 0 Å². The van der Waals surface area contributed by atoms with Crippen molar-refractivity contribution in [2.24, 2.45) is 5.73 Å². The van der Waals surface area contributed by atoms with E-state index in [1.54, 1.807) is 26.0 Å². The van der Waals surface area contributed by atoms with Gasteiger partial charge in [-0.15, -0.1) is 12.4 Å². The SMILES string of the molecule is CC(N)C(=O)NC(C)c1cccc([N+](=O)[O-])c1.Cl. The Bertz CT molecular complexity index is 437. The summed E-state index contributed by atoms with van der Waals surface area (Å²) < 4.78 is 0. The third-order valence-corrected chi connectivity index (χ3v) is 2.35. The predicted molar refractivity (Wildman–Crippen MR) is 70.6 cm³/mol. The van der Waals surface area contributed by atoms with Crippen molar-refractivity contribution in [3.63, 3.8) is 0 Å². The standard InChI is InChI=1S/C11H15N3O3.ClH/c1-7(12)11(15)13-8(2)9-4-3-5-10(6-9)14(16)17;/h3-8H,12H2,1-2H3,(H,13,15);1H. The Kier molecular flexibility index (Phi) is 6.29.